The van der Waals surface area contributed by atoms with E-state index in [1.54, 1.807) is 0 Å². The topological polar surface area (TPSA) is 80.9 Å². The molecule has 1 saturated carbocycles. The lowest BCUT2D eigenvalue weighted by Crippen LogP contribution is -2.39. The number of carbonyl (C=O) groups excluding carboxylic acids is 1. The highest BCUT2D eigenvalue weighted by atomic mass is 16.1. The van der Waals surface area contributed by atoms with E-state index in [-0.39, 0.29) is 17.8 Å². The van der Waals surface area contributed by atoms with Crippen molar-refractivity contribution in [3.8, 4) is 0 Å². The first-order valence-corrected chi connectivity index (χ1v) is 6.35. The summed E-state index contributed by atoms with van der Waals surface area (Å²) in [6, 6.07) is 0.244. The van der Waals surface area contributed by atoms with Crippen molar-refractivity contribution < 1.29 is 4.79 Å². The zero-order chi connectivity index (χ0) is 13.2. The lowest BCUT2D eigenvalue weighted by atomic mass is 9.75. The number of nitrogens with one attached hydrogen (secondary N) is 1. The Bertz CT molecular complexity index is 434. The second-order valence-corrected chi connectivity index (χ2v) is 5.74. The van der Waals surface area contributed by atoms with E-state index in [1.165, 1.54) is 12.4 Å². The van der Waals surface area contributed by atoms with Crippen LogP contribution in [0.3, 0.4) is 0 Å². The van der Waals surface area contributed by atoms with Gasteiger partial charge in [0.25, 0.3) is 5.91 Å². The number of nitrogens with two attached hydrogens (primary N) is 1. The van der Waals surface area contributed by atoms with Gasteiger partial charge in [0.05, 0.1) is 12.4 Å². The third kappa shape index (κ3) is 3.18. The first-order valence-electron chi connectivity index (χ1n) is 6.35. The standard InChI is InChI=1S/C13H20N4O/c1-13(2)5-3-9(4-6-13)16-12(18)10-7-15-8-11(14)17-10/h7-9H,3-6H2,1-2H3,(H2,14,17)(H,16,18). The van der Waals surface area contributed by atoms with E-state index in [4.69, 9.17) is 5.73 Å². The van der Waals surface area contributed by atoms with Crippen LogP contribution in [-0.4, -0.2) is 21.9 Å². The molecule has 18 heavy (non-hydrogen) atoms. The van der Waals surface area contributed by atoms with Gasteiger partial charge >= 0.3 is 0 Å². The molecule has 0 radical (unpaired) electrons. The third-order valence-electron chi connectivity index (χ3n) is 3.56. The number of nitrogens with zero attached hydrogens (tertiary/aromatic N) is 2. The fraction of sp³-hybridized carbons (Fsp3) is 0.615. The Kier molecular flexibility index (Phi) is 3.50. The number of rotatable bonds is 2. The molecule has 98 valence electrons. The number of nitrogen functional groups attached to an aromatic ring is 1. The Morgan fingerprint density at radius 1 is 1.39 bits per heavy atom. The highest BCUT2D eigenvalue weighted by molar-refractivity contribution is 5.92. The average Bonchev–Trinajstić information content (AvgIpc) is 2.32. The first kappa shape index (κ1) is 12.8. The quantitative estimate of drug-likeness (QED) is 0.835. The summed E-state index contributed by atoms with van der Waals surface area (Å²) in [7, 11) is 0. The fourth-order valence-corrected chi connectivity index (χ4v) is 2.29. The van der Waals surface area contributed by atoms with Crippen molar-refractivity contribution in [3.05, 3.63) is 18.1 Å². The molecule has 5 heteroatoms. The van der Waals surface area contributed by atoms with Crippen molar-refractivity contribution in [3.63, 3.8) is 0 Å². The molecule has 0 aromatic carbocycles. The maximum absolute atomic E-state index is 12.0. The summed E-state index contributed by atoms with van der Waals surface area (Å²) in [5, 5.41) is 3.00. The highest BCUT2D eigenvalue weighted by Gasteiger charge is 2.27. The number of hydrogen-bond donors (Lipinski definition) is 2. The van der Waals surface area contributed by atoms with Crippen LogP contribution in [0.4, 0.5) is 5.82 Å². The van der Waals surface area contributed by atoms with Crippen molar-refractivity contribution in [1.29, 1.82) is 0 Å². The Balaban J connectivity index is 1.93. The van der Waals surface area contributed by atoms with Gasteiger partial charge in [-0.15, -0.1) is 0 Å². The molecule has 1 fully saturated rings. The zero-order valence-electron chi connectivity index (χ0n) is 10.9. The summed E-state index contributed by atoms with van der Waals surface area (Å²) in [4.78, 5) is 19.8. The first-order chi connectivity index (χ1) is 8.46. The molecule has 1 aromatic rings. The summed E-state index contributed by atoms with van der Waals surface area (Å²) in [5.74, 6) is 0.0898. The Morgan fingerprint density at radius 3 is 2.67 bits per heavy atom. The van der Waals surface area contributed by atoms with Crippen LogP contribution in [0.2, 0.25) is 0 Å². The largest absolute Gasteiger partial charge is 0.382 e. The smallest absolute Gasteiger partial charge is 0.271 e. The Labute approximate surface area is 107 Å². The molecule has 0 spiro atoms. The molecule has 0 aliphatic heterocycles. The van der Waals surface area contributed by atoms with Gasteiger partial charge in [-0.05, 0) is 31.1 Å². The van der Waals surface area contributed by atoms with Gasteiger partial charge in [0.1, 0.15) is 11.5 Å². The van der Waals surface area contributed by atoms with Crippen molar-refractivity contribution in [2.24, 2.45) is 5.41 Å². The zero-order valence-corrected chi connectivity index (χ0v) is 10.9. The molecule has 1 aromatic heterocycles. The van der Waals surface area contributed by atoms with Gasteiger partial charge in [0, 0.05) is 6.04 Å². The molecule has 0 bridgehead atoms. The van der Waals surface area contributed by atoms with Gasteiger partial charge in [0.15, 0.2) is 0 Å². The molecule has 5 nitrogen and oxygen atoms in total. The summed E-state index contributed by atoms with van der Waals surface area (Å²) in [6.45, 7) is 4.54. The van der Waals surface area contributed by atoms with Crippen molar-refractivity contribution in [2.75, 3.05) is 5.73 Å². The van der Waals surface area contributed by atoms with Crippen LogP contribution in [0, 0.1) is 5.41 Å². The minimum atomic E-state index is -0.181. The maximum Gasteiger partial charge on any atom is 0.271 e. The van der Waals surface area contributed by atoms with E-state index in [1.807, 2.05) is 0 Å². The summed E-state index contributed by atoms with van der Waals surface area (Å²) in [5.41, 5.74) is 6.20. The molecule has 1 amide bonds. The molecule has 0 saturated heterocycles. The lowest BCUT2D eigenvalue weighted by molar-refractivity contribution is 0.0903. The monoisotopic (exact) mass is 248 g/mol. The van der Waals surface area contributed by atoms with Crippen LogP contribution < -0.4 is 11.1 Å². The van der Waals surface area contributed by atoms with Crippen LogP contribution in [-0.2, 0) is 0 Å². The van der Waals surface area contributed by atoms with Gasteiger partial charge in [-0.3, -0.25) is 9.78 Å². The van der Waals surface area contributed by atoms with Gasteiger partial charge in [-0.2, -0.15) is 0 Å². The van der Waals surface area contributed by atoms with Crippen molar-refractivity contribution >= 4 is 11.7 Å². The molecule has 3 N–H and O–H groups in total. The molecule has 2 rings (SSSR count). The van der Waals surface area contributed by atoms with Crippen LogP contribution in [0.25, 0.3) is 0 Å². The van der Waals surface area contributed by atoms with E-state index >= 15 is 0 Å². The third-order valence-corrected chi connectivity index (χ3v) is 3.56. The molecular formula is C13H20N4O. The SMILES string of the molecule is CC1(C)CCC(NC(=O)c2cncc(N)n2)CC1. The summed E-state index contributed by atoms with van der Waals surface area (Å²) in [6.07, 6.45) is 7.20. The summed E-state index contributed by atoms with van der Waals surface area (Å²) < 4.78 is 0. The van der Waals surface area contributed by atoms with Gasteiger partial charge < -0.3 is 11.1 Å². The van der Waals surface area contributed by atoms with Crippen LogP contribution in [0.15, 0.2) is 12.4 Å². The van der Waals surface area contributed by atoms with Gasteiger partial charge in [-0.25, -0.2) is 4.98 Å². The number of carbonyl (C=O) groups is 1. The highest BCUT2D eigenvalue weighted by Crippen LogP contribution is 2.34. The van der Waals surface area contributed by atoms with Crippen molar-refractivity contribution in [1.82, 2.24) is 15.3 Å². The van der Waals surface area contributed by atoms with E-state index in [9.17, 15) is 4.79 Å². The van der Waals surface area contributed by atoms with E-state index in [0.29, 0.717) is 11.1 Å². The van der Waals surface area contributed by atoms with Crippen LogP contribution in [0.1, 0.15) is 50.0 Å². The van der Waals surface area contributed by atoms with Crippen molar-refractivity contribution in [2.45, 2.75) is 45.6 Å². The second kappa shape index (κ2) is 4.92. The molecule has 1 aliphatic rings. The number of aromatic nitrogens is 2. The molecule has 0 atom stereocenters. The van der Waals surface area contributed by atoms with Gasteiger partial charge in [0.2, 0.25) is 0 Å². The normalized spacial score (nSPS) is 19.4. The minimum Gasteiger partial charge on any atom is -0.382 e. The predicted molar refractivity (Wildman–Crippen MR) is 69.9 cm³/mol. The number of hydrogen-bond acceptors (Lipinski definition) is 4. The fourth-order valence-electron chi connectivity index (χ4n) is 2.29. The number of amides is 1. The molecule has 1 aliphatic carbocycles. The minimum absolute atomic E-state index is 0.181. The Morgan fingerprint density at radius 2 is 2.06 bits per heavy atom. The lowest BCUT2D eigenvalue weighted by Gasteiger charge is -2.34. The second-order valence-electron chi connectivity index (χ2n) is 5.74. The van der Waals surface area contributed by atoms with E-state index < -0.39 is 0 Å². The predicted octanol–water partition coefficient (Wildman–Crippen LogP) is 1.76. The maximum atomic E-state index is 12.0. The van der Waals surface area contributed by atoms with E-state index in [0.717, 1.165) is 25.7 Å². The van der Waals surface area contributed by atoms with E-state index in [2.05, 4.69) is 29.1 Å². The molecule has 0 unspecified atom stereocenters. The van der Waals surface area contributed by atoms with Crippen LogP contribution >= 0.6 is 0 Å². The average molecular weight is 248 g/mol. The summed E-state index contributed by atoms with van der Waals surface area (Å²) >= 11 is 0. The number of anilines is 1. The molecular weight excluding hydrogens is 228 g/mol. The Hall–Kier alpha value is -1.65. The molecule has 1 heterocycles. The van der Waals surface area contributed by atoms with Gasteiger partial charge in [-0.1, -0.05) is 13.8 Å². The van der Waals surface area contributed by atoms with Crippen LogP contribution in [0.5, 0.6) is 0 Å².